The first-order valence-corrected chi connectivity index (χ1v) is 12.3. The number of H-pyrrole nitrogens is 1. The molecule has 182 valence electrons. The molecule has 1 atom stereocenters. The van der Waals surface area contributed by atoms with Crippen molar-refractivity contribution >= 4 is 34.7 Å². The summed E-state index contributed by atoms with van der Waals surface area (Å²) in [5.41, 5.74) is 6.55. The average molecular weight is 491 g/mol. The number of imidazole rings is 1. The fourth-order valence-corrected chi connectivity index (χ4v) is 5.40. The first-order chi connectivity index (χ1) is 18.1. The summed E-state index contributed by atoms with van der Waals surface area (Å²) < 4.78 is 15.8. The smallest absolute Gasteiger partial charge is 0.256 e. The highest BCUT2D eigenvalue weighted by atomic mass is 19.1. The quantitative estimate of drug-likeness (QED) is 0.317. The van der Waals surface area contributed by atoms with E-state index in [0.29, 0.717) is 5.57 Å². The lowest BCUT2D eigenvalue weighted by molar-refractivity contribution is -0.110. The molecule has 0 bridgehead atoms. The zero-order valence-electron chi connectivity index (χ0n) is 19.9. The van der Waals surface area contributed by atoms with Crippen LogP contribution in [0.3, 0.4) is 0 Å². The molecule has 1 unspecified atom stereocenters. The van der Waals surface area contributed by atoms with E-state index in [-0.39, 0.29) is 17.8 Å². The minimum atomic E-state index is -0.223. The number of nitrogens with one attached hydrogen (secondary N) is 2. The highest BCUT2D eigenvalue weighted by molar-refractivity contribution is 6.35. The largest absolute Gasteiger partial charge is 0.362 e. The molecule has 2 aliphatic rings. The number of aromatic nitrogens is 4. The van der Waals surface area contributed by atoms with Crippen molar-refractivity contribution in [3.8, 4) is 11.3 Å². The summed E-state index contributed by atoms with van der Waals surface area (Å²) in [6.45, 7) is 0.852. The third-order valence-electron chi connectivity index (χ3n) is 7.15. The second-order valence-electron chi connectivity index (χ2n) is 9.41. The van der Waals surface area contributed by atoms with Gasteiger partial charge in [-0.2, -0.15) is 0 Å². The predicted molar refractivity (Wildman–Crippen MR) is 141 cm³/mol. The van der Waals surface area contributed by atoms with Crippen LogP contribution in [0.2, 0.25) is 0 Å². The molecule has 0 aliphatic carbocycles. The van der Waals surface area contributed by atoms with Crippen molar-refractivity contribution in [3.05, 3.63) is 102 Å². The van der Waals surface area contributed by atoms with Crippen LogP contribution in [0.15, 0.2) is 79.1 Å². The van der Waals surface area contributed by atoms with Crippen molar-refractivity contribution < 1.29 is 9.18 Å². The van der Waals surface area contributed by atoms with E-state index in [1.807, 2.05) is 65.3 Å². The molecular formula is C29H23FN6O. The van der Waals surface area contributed by atoms with E-state index in [1.165, 1.54) is 6.07 Å². The van der Waals surface area contributed by atoms with Crippen LogP contribution in [-0.2, 0) is 4.79 Å². The number of halogens is 1. The Bertz CT molecular complexity index is 1690. The summed E-state index contributed by atoms with van der Waals surface area (Å²) >= 11 is 0. The van der Waals surface area contributed by atoms with Crippen LogP contribution in [0.25, 0.3) is 28.6 Å². The number of hydrogen-bond acceptors (Lipinski definition) is 4. The molecule has 5 heterocycles. The molecular weight excluding hydrogens is 467 g/mol. The monoisotopic (exact) mass is 490 g/mol. The molecule has 1 fully saturated rings. The van der Waals surface area contributed by atoms with Crippen molar-refractivity contribution in [2.45, 2.75) is 18.9 Å². The van der Waals surface area contributed by atoms with E-state index in [0.717, 1.165) is 64.6 Å². The maximum absolute atomic E-state index is 13.9. The van der Waals surface area contributed by atoms with Gasteiger partial charge >= 0.3 is 0 Å². The Morgan fingerprint density at radius 3 is 2.86 bits per heavy atom. The minimum absolute atomic E-state index is 0.0766. The van der Waals surface area contributed by atoms with Gasteiger partial charge in [-0.25, -0.2) is 13.9 Å². The molecule has 8 heteroatoms. The summed E-state index contributed by atoms with van der Waals surface area (Å²) in [5, 5.41) is 7.93. The van der Waals surface area contributed by atoms with Crippen LogP contribution in [0.5, 0.6) is 0 Å². The number of carbonyl (C=O) groups is 1. The second-order valence-corrected chi connectivity index (χ2v) is 9.41. The number of nitrogens with zero attached hydrogens (tertiary/aromatic N) is 4. The van der Waals surface area contributed by atoms with Gasteiger partial charge in [0.25, 0.3) is 5.91 Å². The summed E-state index contributed by atoms with van der Waals surface area (Å²) in [7, 11) is 0. The number of hydrogen-bond donors (Lipinski definition) is 2. The lowest BCUT2D eigenvalue weighted by Crippen LogP contribution is -2.24. The van der Waals surface area contributed by atoms with E-state index >= 15 is 0 Å². The number of anilines is 2. The summed E-state index contributed by atoms with van der Waals surface area (Å²) in [6, 6.07) is 20.6. The van der Waals surface area contributed by atoms with Gasteiger partial charge in [0.2, 0.25) is 0 Å². The maximum Gasteiger partial charge on any atom is 0.256 e. The third kappa shape index (κ3) is 3.69. The van der Waals surface area contributed by atoms with Gasteiger partial charge < -0.3 is 15.2 Å². The van der Waals surface area contributed by atoms with Crippen molar-refractivity contribution in [1.82, 2.24) is 19.6 Å². The number of amides is 1. The van der Waals surface area contributed by atoms with E-state index in [4.69, 9.17) is 5.10 Å². The maximum atomic E-state index is 13.9. The lowest BCUT2D eigenvalue weighted by atomic mass is 10.0. The molecule has 7 rings (SSSR count). The van der Waals surface area contributed by atoms with Gasteiger partial charge in [-0.3, -0.25) is 4.79 Å². The Balaban J connectivity index is 1.25. The first-order valence-electron chi connectivity index (χ1n) is 12.3. The zero-order valence-corrected chi connectivity index (χ0v) is 19.9. The molecule has 2 N–H and O–H groups in total. The fourth-order valence-electron chi connectivity index (χ4n) is 5.40. The van der Waals surface area contributed by atoms with Crippen LogP contribution in [-0.4, -0.2) is 32.0 Å². The van der Waals surface area contributed by atoms with Gasteiger partial charge in [-0.15, -0.1) is 5.10 Å². The van der Waals surface area contributed by atoms with E-state index < -0.39 is 0 Å². The number of aromatic amines is 1. The molecule has 3 aromatic heterocycles. The lowest BCUT2D eigenvalue weighted by Gasteiger charge is -2.26. The standard InChI is InChI=1S/C29H23FN6O/c30-20-5-1-4-18(14-20)25-7-3-13-35(25)28-11-10-27-32-17-26(36(27)34-28)19-8-9-22-23(16-21-6-2-12-31-21)29(37)33-24(22)15-19/h1-2,4-6,8-12,14-17,25,31H,3,7,13H2,(H,33,37)/b23-16-. The molecule has 5 aromatic rings. The summed E-state index contributed by atoms with van der Waals surface area (Å²) in [5.74, 6) is 0.473. The number of carbonyl (C=O) groups excluding carboxylic acids is 1. The molecule has 1 saturated heterocycles. The van der Waals surface area contributed by atoms with Crippen molar-refractivity contribution in [2.75, 3.05) is 16.8 Å². The van der Waals surface area contributed by atoms with Gasteiger partial charge in [0, 0.05) is 35.2 Å². The molecule has 0 spiro atoms. The number of benzene rings is 2. The van der Waals surface area contributed by atoms with Crippen molar-refractivity contribution in [2.24, 2.45) is 0 Å². The molecule has 1 amide bonds. The summed E-state index contributed by atoms with van der Waals surface area (Å²) in [6.07, 6.45) is 7.45. The number of rotatable bonds is 4. The predicted octanol–water partition coefficient (Wildman–Crippen LogP) is 5.70. The Kier molecular flexibility index (Phi) is 4.92. The van der Waals surface area contributed by atoms with Crippen LogP contribution in [0, 0.1) is 5.82 Å². The third-order valence-corrected chi connectivity index (χ3v) is 7.15. The highest BCUT2D eigenvalue weighted by Crippen LogP contribution is 2.38. The van der Waals surface area contributed by atoms with Crippen molar-refractivity contribution in [3.63, 3.8) is 0 Å². The SMILES string of the molecule is O=C1Nc2cc(-c3cnc4ccc(N5CCCC5c5cccc(F)c5)nn34)ccc2/C1=C/c1ccc[nH]1. The average Bonchev–Trinajstić information content (AvgIpc) is 3.71. The zero-order chi connectivity index (χ0) is 24.9. The molecule has 2 aromatic carbocycles. The Labute approximate surface area is 212 Å². The molecule has 0 saturated carbocycles. The van der Waals surface area contributed by atoms with Gasteiger partial charge in [0.05, 0.1) is 23.5 Å². The summed E-state index contributed by atoms with van der Waals surface area (Å²) in [4.78, 5) is 22.6. The normalized spacial score (nSPS) is 18.1. The fraction of sp³-hybridized carbons (Fsp3) is 0.138. The van der Waals surface area contributed by atoms with Gasteiger partial charge in [-0.05, 0) is 66.9 Å². The second kappa shape index (κ2) is 8.44. The molecule has 0 radical (unpaired) electrons. The van der Waals surface area contributed by atoms with Gasteiger partial charge in [-0.1, -0.05) is 24.3 Å². The van der Waals surface area contributed by atoms with Crippen LogP contribution in [0.4, 0.5) is 15.9 Å². The van der Waals surface area contributed by atoms with Crippen LogP contribution < -0.4 is 10.2 Å². The van der Waals surface area contributed by atoms with Crippen LogP contribution >= 0.6 is 0 Å². The van der Waals surface area contributed by atoms with E-state index in [9.17, 15) is 9.18 Å². The molecule has 7 nitrogen and oxygen atoms in total. The number of fused-ring (bicyclic) bond motifs is 2. The highest BCUT2D eigenvalue weighted by Gasteiger charge is 2.28. The van der Waals surface area contributed by atoms with Crippen LogP contribution in [0.1, 0.15) is 35.7 Å². The Morgan fingerprint density at radius 1 is 1.05 bits per heavy atom. The molecule has 2 aliphatic heterocycles. The first kappa shape index (κ1) is 21.6. The van der Waals surface area contributed by atoms with Gasteiger partial charge in [0.15, 0.2) is 5.65 Å². The van der Waals surface area contributed by atoms with E-state index in [1.54, 1.807) is 18.3 Å². The Morgan fingerprint density at radius 2 is 2.00 bits per heavy atom. The van der Waals surface area contributed by atoms with E-state index in [2.05, 4.69) is 20.2 Å². The Hall–Kier alpha value is -4.72. The van der Waals surface area contributed by atoms with Gasteiger partial charge in [0.1, 0.15) is 11.6 Å². The van der Waals surface area contributed by atoms with Crippen molar-refractivity contribution in [1.29, 1.82) is 0 Å². The minimum Gasteiger partial charge on any atom is -0.362 e. The molecule has 37 heavy (non-hydrogen) atoms. The topological polar surface area (TPSA) is 78.3 Å².